The first-order valence-electron chi connectivity index (χ1n) is 7.50. The Bertz CT molecular complexity index is 401. The lowest BCUT2D eigenvalue weighted by atomic mass is 9.76. The fraction of sp³-hybridized carbons (Fsp3) is 0.867. The van der Waals surface area contributed by atoms with Gasteiger partial charge in [0.15, 0.2) is 0 Å². The minimum Gasteiger partial charge on any atom is -0.480 e. The van der Waals surface area contributed by atoms with Gasteiger partial charge < -0.3 is 20.0 Å². The number of likely N-dealkylation sites (N-methyl/N-ethyl adjacent to an activating group) is 1. The fourth-order valence-electron chi connectivity index (χ4n) is 3.03. The molecule has 1 aliphatic rings. The van der Waals surface area contributed by atoms with Crippen molar-refractivity contribution in [1.82, 2.24) is 9.80 Å². The SMILES string of the molecule is CCN(CC(C)(C)O)C(=O)N1CCCC(C)(C)C1C(=O)O. The van der Waals surface area contributed by atoms with Crippen LogP contribution in [0.15, 0.2) is 0 Å². The predicted octanol–water partition coefficient (Wildman–Crippen LogP) is 1.77. The number of carboxylic acid groups (broad SMARTS) is 1. The summed E-state index contributed by atoms with van der Waals surface area (Å²) in [5.74, 6) is -0.965. The Hall–Kier alpha value is -1.30. The van der Waals surface area contributed by atoms with E-state index in [1.807, 2.05) is 20.8 Å². The lowest BCUT2D eigenvalue weighted by Crippen LogP contribution is -2.60. The van der Waals surface area contributed by atoms with Crippen molar-refractivity contribution >= 4 is 12.0 Å². The highest BCUT2D eigenvalue weighted by Gasteiger charge is 2.45. The second-order valence-corrected chi connectivity index (χ2v) is 7.14. The zero-order valence-corrected chi connectivity index (χ0v) is 13.7. The maximum atomic E-state index is 12.7. The van der Waals surface area contributed by atoms with Gasteiger partial charge in [0.05, 0.1) is 12.1 Å². The van der Waals surface area contributed by atoms with Crippen LogP contribution in [0.4, 0.5) is 4.79 Å². The third-order valence-electron chi connectivity index (χ3n) is 3.98. The number of carbonyl (C=O) groups excluding carboxylic acids is 1. The van der Waals surface area contributed by atoms with E-state index < -0.39 is 23.0 Å². The molecule has 0 radical (unpaired) electrons. The summed E-state index contributed by atoms with van der Waals surface area (Å²) in [6.45, 7) is 9.94. The van der Waals surface area contributed by atoms with Crippen molar-refractivity contribution in [2.45, 2.75) is 59.1 Å². The highest BCUT2D eigenvalue weighted by atomic mass is 16.4. The van der Waals surface area contributed by atoms with E-state index in [-0.39, 0.29) is 12.6 Å². The molecular weight excluding hydrogens is 272 g/mol. The molecule has 122 valence electrons. The quantitative estimate of drug-likeness (QED) is 0.829. The van der Waals surface area contributed by atoms with Crippen molar-refractivity contribution in [2.75, 3.05) is 19.6 Å². The van der Waals surface area contributed by atoms with Crippen LogP contribution < -0.4 is 0 Å². The summed E-state index contributed by atoms with van der Waals surface area (Å²) in [4.78, 5) is 27.3. The third-order valence-corrected chi connectivity index (χ3v) is 3.98. The molecule has 6 nitrogen and oxygen atoms in total. The number of urea groups is 1. The van der Waals surface area contributed by atoms with E-state index in [4.69, 9.17) is 0 Å². The highest BCUT2D eigenvalue weighted by Crippen LogP contribution is 2.35. The Morgan fingerprint density at radius 1 is 1.38 bits per heavy atom. The van der Waals surface area contributed by atoms with Crippen LogP contribution in [0.3, 0.4) is 0 Å². The lowest BCUT2D eigenvalue weighted by molar-refractivity contribution is -0.148. The van der Waals surface area contributed by atoms with Gasteiger partial charge in [-0.3, -0.25) is 0 Å². The summed E-state index contributed by atoms with van der Waals surface area (Å²) in [5, 5.41) is 19.4. The molecule has 0 bridgehead atoms. The van der Waals surface area contributed by atoms with E-state index in [9.17, 15) is 19.8 Å². The smallest absolute Gasteiger partial charge is 0.327 e. The molecule has 1 heterocycles. The third kappa shape index (κ3) is 4.33. The number of carbonyl (C=O) groups is 2. The Morgan fingerprint density at radius 2 is 1.95 bits per heavy atom. The van der Waals surface area contributed by atoms with Crippen molar-refractivity contribution in [3.05, 3.63) is 0 Å². The number of hydrogen-bond acceptors (Lipinski definition) is 3. The van der Waals surface area contributed by atoms with Gasteiger partial charge in [0.2, 0.25) is 0 Å². The minimum atomic E-state index is -1.00. The normalized spacial score (nSPS) is 22.0. The fourth-order valence-corrected chi connectivity index (χ4v) is 3.03. The van der Waals surface area contributed by atoms with Gasteiger partial charge in [-0.25, -0.2) is 9.59 Å². The molecule has 0 aliphatic carbocycles. The molecule has 0 saturated carbocycles. The predicted molar refractivity (Wildman–Crippen MR) is 80.1 cm³/mol. The largest absolute Gasteiger partial charge is 0.480 e. The molecule has 1 rings (SSSR count). The van der Waals surface area contributed by atoms with Gasteiger partial charge in [-0.05, 0) is 39.0 Å². The van der Waals surface area contributed by atoms with Gasteiger partial charge in [-0.1, -0.05) is 13.8 Å². The molecule has 1 fully saturated rings. The summed E-state index contributed by atoms with van der Waals surface area (Å²) in [7, 11) is 0. The van der Waals surface area contributed by atoms with Crippen molar-refractivity contribution < 1.29 is 19.8 Å². The zero-order chi connectivity index (χ0) is 16.4. The average molecular weight is 300 g/mol. The highest BCUT2D eigenvalue weighted by molar-refractivity contribution is 5.83. The van der Waals surface area contributed by atoms with Crippen LogP contribution in [-0.4, -0.2) is 63.3 Å². The minimum absolute atomic E-state index is 0.186. The number of nitrogens with zero attached hydrogens (tertiary/aromatic N) is 2. The monoisotopic (exact) mass is 300 g/mol. The van der Waals surface area contributed by atoms with E-state index in [0.29, 0.717) is 13.1 Å². The molecule has 1 aliphatic heterocycles. The van der Waals surface area contributed by atoms with Crippen LogP contribution in [0.25, 0.3) is 0 Å². The number of likely N-dealkylation sites (tertiary alicyclic amines) is 1. The van der Waals surface area contributed by atoms with Gasteiger partial charge in [-0.15, -0.1) is 0 Å². The maximum Gasteiger partial charge on any atom is 0.327 e. The van der Waals surface area contributed by atoms with Gasteiger partial charge in [-0.2, -0.15) is 0 Å². The lowest BCUT2D eigenvalue weighted by Gasteiger charge is -2.45. The van der Waals surface area contributed by atoms with E-state index in [1.165, 1.54) is 9.80 Å². The van der Waals surface area contributed by atoms with Crippen LogP contribution in [0, 0.1) is 5.41 Å². The molecular formula is C15H28N2O4. The first-order valence-corrected chi connectivity index (χ1v) is 7.50. The number of aliphatic hydroxyl groups is 1. The molecule has 21 heavy (non-hydrogen) atoms. The van der Waals surface area contributed by atoms with Gasteiger partial charge in [0.1, 0.15) is 6.04 Å². The number of carboxylic acids is 1. The molecule has 0 spiro atoms. The van der Waals surface area contributed by atoms with Gasteiger partial charge in [0.25, 0.3) is 0 Å². The Balaban J connectivity index is 2.99. The van der Waals surface area contributed by atoms with Crippen molar-refractivity contribution in [3.8, 4) is 0 Å². The van der Waals surface area contributed by atoms with Crippen LogP contribution in [-0.2, 0) is 4.79 Å². The number of rotatable bonds is 4. The molecule has 1 saturated heterocycles. The summed E-state index contributed by atoms with van der Waals surface area (Å²) in [6.07, 6.45) is 1.58. The second kappa shape index (κ2) is 6.22. The molecule has 0 aromatic rings. The van der Waals surface area contributed by atoms with Crippen molar-refractivity contribution in [3.63, 3.8) is 0 Å². The first kappa shape index (κ1) is 17.8. The van der Waals surface area contributed by atoms with Crippen LogP contribution in [0.5, 0.6) is 0 Å². The van der Waals surface area contributed by atoms with Crippen LogP contribution >= 0.6 is 0 Å². The molecule has 1 atom stereocenters. The van der Waals surface area contributed by atoms with Crippen molar-refractivity contribution in [1.29, 1.82) is 0 Å². The summed E-state index contributed by atoms with van der Waals surface area (Å²) < 4.78 is 0. The van der Waals surface area contributed by atoms with Gasteiger partial charge >= 0.3 is 12.0 Å². The zero-order valence-electron chi connectivity index (χ0n) is 13.7. The van der Waals surface area contributed by atoms with E-state index in [1.54, 1.807) is 13.8 Å². The second-order valence-electron chi connectivity index (χ2n) is 7.14. The van der Waals surface area contributed by atoms with Crippen LogP contribution in [0.1, 0.15) is 47.5 Å². The Morgan fingerprint density at radius 3 is 2.38 bits per heavy atom. The topological polar surface area (TPSA) is 81.1 Å². The summed E-state index contributed by atoms with van der Waals surface area (Å²) >= 11 is 0. The Labute approximate surface area is 126 Å². The molecule has 0 aromatic heterocycles. The number of aliphatic carboxylic acids is 1. The molecule has 6 heteroatoms. The van der Waals surface area contributed by atoms with E-state index in [0.717, 1.165) is 12.8 Å². The molecule has 2 amide bonds. The first-order chi connectivity index (χ1) is 9.49. The number of piperidine rings is 1. The van der Waals surface area contributed by atoms with E-state index >= 15 is 0 Å². The van der Waals surface area contributed by atoms with E-state index in [2.05, 4.69) is 0 Å². The maximum absolute atomic E-state index is 12.7. The molecule has 0 aromatic carbocycles. The average Bonchev–Trinajstić information content (AvgIpc) is 2.31. The Kier molecular flexibility index (Phi) is 5.25. The number of amides is 2. The number of hydrogen-bond donors (Lipinski definition) is 2. The summed E-state index contributed by atoms with van der Waals surface area (Å²) in [6, 6.07) is -1.13. The van der Waals surface area contributed by atoms with Crippen molar-refractivity contribution in [2.24, 2.45) is 5.41 Å². The molecule has 2 N–H and O–H groups in total. The standard InChI is InChI=1S/C15H28N2O4/c1-6-16(10-15(4,5)21)13(20)17-9-7-8-14(2,3)11(17)12(18)19/h11,21H,6-10H2,1-5H3,(H,18,19). The summed E-state index contributed by atoms with van der Waals surface area (Å²) in [5.41, 5.74) is -1.45. The van der Waals surface area contributed by atoms with Crippen LogP contribution in [0.2, 0.25) is 0 Å². The molecule has 1 unspecified atom stereocenters. The van der Waals surface area contributed by atoms with Gasteiger partial charge in [0, 0.05) is 13.1 Å².